The van der Waals surface area contributed by atoms with Crippen LogP contribution in [0.2, 0.25) is 0 Å². The summed E-state index contributed by atoms with van der Waals surface area (Å²) in [7, 11) is 0. The molecule has 0 saturated heterocycles. The van der Waals surface area contributed by atoms with E-state index < -0.39 is 0 Å². The molecule has 0 atom stereocenters. The first kappa shape index (κ1) is 11.9. The third-order valence-electron chi connectivity index (χ3n) is 3.96. The minimum absolute atomic E-state index is 0.230. The van der Waals surface area contributed by atoms with Crippen LogP contribution in [0.3, 0.4) is 0 Å². The van der Waals surface area contributed by atoms with Crippen molar-refractivity contribution in [1.29, 1.82) is 0 Å². The fourth-order valence-electron chi connectivity index (χ4n) is 3.07. The number of hydrogen-bond donors (Lipinski definition) is 1. The van der Waals surface area contributed by atoms with Gasteiger partial charge >= 0.3 is 0 Å². The topological polar surface area (TPSA) is 32.9 Å². The molecular formula is C17H12BrNO. The van der Waals surface area contributed by atoms with E-state index >= 15 is 0 Å². The summed E-state index contributed by atoms with van der Waals surface area (Å²) in [4.78, 5) is 15.7. The molecule has 1 aliphatic rings. The van der Waals surface area contributed by atoms with Crippen LogP contribution >= 0.6 is 15.9 Å². The number of rotatable bonds is 1. The van der Waals surface area contributed by atoms with Crippen molar-refractivity contribution < 1.29 is 4.79 Å². The van der Waals surface area contributed by atoms with Crippen LogP contribution in [-0.2, 0) is 6.42 Å². The quantitative estimate of drug-likeness (QED) is 0.689. The highest BCUT2D eigenvalue weighted by Crippen LogP contribution is 2.39. The Hall–Kier alpha value is -1.87. The van der Waals surface area contributed by atoms with E-state index in [1.54, 1.807) is 0 Å². The molecule has 98 valence electrons. The van der Waals surface area contributed by atoms with Crippen LogP contribution in [0, 0.1) is 0 Å². The Morgan fingerprint density at radius 2 is 1.80 bits per heavy atom. The Labute approximate surface area is 124 Å². The van der Waals surface area contributed by atoms with Gasteiger partial charge in [0.25, 0.3) is 0 Å². The molecule has 0 fully saturated rings. The average Bonchev–Trinajstić information content (AvgIpc) is 2.85. The van der Waals surface area contributed by atoms with Crippen LogP contribution in [0.5, 0.6) is 0 Å². The van der Waals surface area contributed by atoms with E-state index in [1.165, 1.54) is 11.1 Å². The smallest absolute Gasteiger partial charge is 0.165 e. The number of ketones is 1. The summed E-state index contributed by atoms with van der Waals surface area (Å²) in [5.41, 5.74) is 5.47. The van der Waals surface area contributed by atoms with Crippen LogP contribution in [0.1, 0.15) is 22.3 Å². The molecule has 0 radical (unpaired) electrons. The molecular weight excluding hydrogens is 314 g/mol. The first-order valence-electron chi connectivity index (χ1n) is 6.67. The van der Waals surface area contributed by atoms with Crippen LogP contribution in [0.4, 0.5) is 0 Å². The summed E-state index contributed by atoms with van der Waals surface area (Å²) in [5.74, 6) is 0.230. The van der Waals surface area contributed by atoms with E-state index in [9.17, 15) is 4.79 Å². The van der Waals surface area contributed by atoms with Crippen molar-refractivity contribution in [3.8, 4) is 11.3 Å². The van der Waals surface area contributed by atoms with Gasteiger partial charge in [0.1, 0.15) is 0 Å². The Kier molecular flexibility index (Phi) is 2.57. The van der Waals surface area contributed by atoms with Gasteiger partial charge in [0, 0.05) is 33.1 Å². The van der Waals surface area contributed by atoms with Gasteiger partial charge in [-0.3, -0.25) is 4.79 Å². The molecule has 0 spiro atoms. The highest BCUT2D eigenvalue weighted by molar-refractivity contribution is 9.10. The van der Waals surface area contributed by atoms with Crippen LogP contribution < -0.4 is 0 Å². The van der Waals surface area contributed by atoms with Crippen LogP contribution in [-0.4, -0.2) is 10.8 Å². The van der Waals surface area contributed by atoms with E-state index in [0.717, 1.165) is 33.1 Å². The van der Waals surface area contributed by atoms with Gasteiger partial charge in [-0.05, 0) is 29.7 Å². The fourth-order valence-corrected chi connectivity index (χ4v) is 3.62. The summed E-state index contributed by atoms with van der Waals surface area (Å²) in [5, 5.41) is 1.09. The first-order chi connectivity index (χ1) is 9.75. The summed E-state index contributed by atoms with van der Waals surface area (Å²) >= 11 is 3.52. The van der Waals surface area contributed by atoms with Crippen molar-refractivity contribution in [1.82, 2.24) is 4.98 Å². The number of aromatic amines is 1. The molecule has 0 aliphatic heterocycles. The lowest BCUT2D eigenvalue weighted by atomic mass is 9.89. The SMILES string of the molecule is O=C1CCc2c(-c3ccccc3)[nH]c3ccc(Br)c1c23. The molecule has 0 saturated carbocycles. The third-order valence-corrected chi connectivity index (χ3v) is 4.62. The predicted octanol–water partition coefficient (Wildman–Crippen LogP) is 4.73. The standard InChI is InChI=1S/C17H12BrNO/c18-12-7-8-13-15-11(6-9-14(20)16(12)15)17(19-13)10-4-2-1-3-5-10/h1-5,7-8,19H,6,9H2. The van der Waals surface area contributed by atoms with Crippen molar-refractivity contribution in [3.63, 3.8) is 0 Å². The van der Waals surface area contributed by atoms with Crippen molar-refractivity contribution in [2.24, 2.45) is 0 Å². The summed E-state index contributed by atoms with van der Waals surface area (Å²) in [6.45, 7) is 0. The second-order valence-electron chi connectivity index (χ2n) is 5.11. The number of aryl methyl sites for hydroxylation is 1. The maximum Gasteiger partial charge on any atom is 0.165 e. The Balaban J connectivity index is 2.10. The van der Waals surface area contributed by atoms with Gasteiger partial charge in [-0.2, -0.15) is 0 Å². The molecule has 0 bridgehead atoms. The molecule has 1 aliphatic carbocycles. The molecule has 0 amide bonds. The summed E-state index contributed by atoms with van der Waals surface area (Å²) in [6.07, 6.45) is 1.40. The summed E-state index contributed by atoms with van der Waals surface area (Å²) in [6, 6.07) is 14.3. The number of Topliss-reactive ketones (excluding diaryl/α,β-unsaturated/α-hetero) is 1. The molecule has 4 rings (SSSR count). The van der Waals surface area contributed by atoms with E-state index in [2.05, 4.69) is 33.0 Å². The highest BCUT2D eigenvalue weighted by atomic mass is 79.9. The largest absolute Gasteiger partial charge is 0.354 e. The lowest BCUT2D eigenvalue weighted by molar-refractivity contribution is 0.0981. The van der Waals surface area contributed by atoms with Crippen molar-refractivity contribution in [3.05, 3.63) is 58.1 Å². The number of carbonyl (C=O) groups excluding carboxylic acids is 1. The van der Waals surface area contributed by atoms with Crippen molar-refractivity contribution >= 4 is 32.6 Å². The molecule has 0 unspecified atom stereocenters. The van der Waals surface area contributed by atoms with E-state index in [4.69, 9.17) is 0 Å². The molecule has 1 heterocycles. The van der Waals surface area contributed by atoms with Gasteiger partial charge in [0.15, 0.2) is 5.78 Å². The maximum absolute atomic E-state index is 12.2. The number of H-pyrrole nitrogens is 1. The van der Waals surface area contributed by atoms with Crippen LogP contribution in [0.25, 0.3) is 22.2 Å². The molecule has 1 N–H and O–H groups in total. The van der Waals surface area contributed by atoms with Gasteiger partial charge in [0.2, 0.25) is 0 Å². The fraction of sp³-hybridized carbons (Fsp3) is 0.118. The third kappa shape index (κ3) is 1.59. The highest BCUT2D eigenvalue weighted by Gasteiger charge is 2.25. The molecule has 3 aromatic rings. The zero-order valence-electron chi connectivity index (χ0n) is 10.7. The van der Waals surface area contributed by atoms with Gasteiger partial charge < -0.3 is 4.98 Å². The Bertz CT molecular complexity index is 833. The van der Waals surface area contributed by atoms with Gasteiger partial charge in [-0.25, -0.2) is 0 Å². The second kappa shape index (κ2) is 4.32. The van der Waals surface area contributed by atoms with Gasteiger partial charge in [-0.15, -0.1) is 0 Å². The van der Waals surface area contributed by atoms with Crippen LogP contribution in [0.15, 0.2) is 46.9 Å². The number of hydrogen-bond acceptors (Lipinski definition) is 1. The molecule has 20 heavy (non-hydrogen) atoms. The average molecular weight is 326 g/mol. The monoisotopic (exact) mass is 325 g/mol. The minimum Gasteiger partial charge on any atom is -0.354 e. The minimum atomic E-state index is 0.230. The number of benzene rings is 2. The maximum atomic E-state index is 12.2. The first-order valence-corrected chi connectivity index (χ1v) is 7.46. The zero-order valence-corrected chi connectivity index (χ0v) is 12.3. The zero-order chi connectivity index (χ0) is 13.7. The number of carbonyl (C=O) groups is 1. The van der Waals surface area contributed by atoms with E-state index in [0.29, 0.717) is 6.42 Å². The lowest BCUT2D eigenvalue weighted by Crippen LogP contribution is -2.09. The predicted molar refractivity (Wildman–Crippen MR) is 84.1 cm³/mol. The normalized spacial score (nSPS) is 13.9. The Morgan fingerprint density at radius 3 is 2.60 bits per heavy atom. The second-order valence-corrected chi connectivity index (χ2v) is 5.97. The van der Waals surface area contributed by atoms with Crippen molar-refractivity contribution in [2.75, 3.05) is 0 Å². The van der Waals surface area contributed by atoms with Gasteiger partial charge in [-0.1, -0.05) is 46.3 Å². The number of halogens is 1. The van der Waals surface area contributed by atoms with Crippen molar-refractivity contribution in [2.45, 2.75) is 12.8 Å². The van der Waals surface area contributed by atoms with E-state index in [-0.39, 0.29) is 5.78 Å². The lowest BCUT2D eigenvalue weighted by Gasteiger charge is -2.14. The molecule has 3 heteroatoms. The number of aromatic nitrogens is 1. The summed E-state index contributed by atoms with van der Waals surface area (Å²) < 4.78 is 0.898. The van der Waals surface area contributed by atoms with Gasteiger partial charge in [0.05, 0.1) is 0 Å². The Morgan fingerprint density at radius 1 is 1.00 bits per heavy atom. The number of nitrogens with one attached hydrogen (secondary N) is 1. The van der Waals surface area contributed by atoms with E-state index in [1.807, 2.05) is 30.3 Å². The molecule has 1 aromatic heterocycles. The molecule has 2 aromatic carbocycles. The molecule has 2 nitrogen and oxygen atoms in total.